The van der Waals surface area contributed by atoms with E-state index < -0.39 is 29.4 Å². The molecule has 0 bridgehead atoms. The molecule has 0 saturated carbocycles. The number of carboxylic acids is 1. The van der Waals surface area contributed by atoms with Crippen LogP contribution in [0.15, 0.2) is 53.4 Å². The highest BCUT2D eigenvalue weighted by Crippen LogP contribution is 2.47. The number of likely N-dealkylation sites (tertiary alicyclic amines) is 1. The van der Waals surface area contributed by atoms with Gasteiger partial charge >= 0.3 is 5.97 Å². The SMILES string of the molecule is C[C@@H](CN1CCC2(CC1)CSC1=C(O2)c2ccccc2C(=O)C1=O)NC(Oc1ccc(C(C)(C)C)cc1)C(=O)O. The lowest BCUT2D eigenvalue weighted by molar-refractivity contribution is -0.147. The van der Waals surface area contributed by atoms with Crippen molar-refractivity contribution >= 4 is 35.1 Å². The monoisotopic (exact) mass is 564 g/mol. The number of nitrogens with one attached hydrogen (secondary N) is 1. The van der Waals surface area contributed by atoms with Crippen LogP contribution in [0.4, 0.5) is 0 Å². The van der Waals surface area contributed by atoms with E-state index in [0.717, 1.165) is 31.5 Å². The molecular weight excluding hydrogens is 528 g/mol. The molecule has 2 aromatic rings. The summed E-state index contributed by atoms with van der Waals surface area (Å²) in [7, 11) is 0. The van der Waals surface area contributed by atoms with Crippen molar-refractivity contribution in [3.63, 3.8) is 0 Å². The third kappa shape index (κ3) is 5.82. The Labute approximate surface area is 239 Å². The van der Waals surface area contributed by atoms with Crippen LogP contribution in [0.3, 0.4) is 0 Å². The summed E-state index contributed by atoms with van der Waals surface area (Å²) in [5, 5.41) is 12.9. The second kappa shape index (κ2) is 11.0. The van der Waals surface area contributed by atoms with Gasteiger partial charge in [0.15, 0.2) is 0 Å². The lowest BCUT2D eigenvalue weighted by atomic mass is 9.87. The third-order valence-corrected chi connectivity index (χ3v) is 9.10. The smallest absolute Gasteiger partial charge is 0.360 e. The van der Waals surface area contributed by atoms with Gasteiger partial charge in [-0.15, -0.1) is 11.8 Å². The van der Waals surface area contributed by atoms with Gasteiger partial charge < -0.3 is 19.5 Å². The number of Topliss-reactive ketones (excluding diaryl/α,β-unsaturated/α-hetero) is 2. The quantitative estimate of drug-likeness (QED) is 0.372. The van der Waals surface area contributed by atoms with Gasteiger partial charge in [-0.25, -0.2) is 4.79 Å². The van der Waals surface area contributed by atoms with Crippen LogP contribution in [0.2, 0.25) is 0 Å². The van der Waals surface area contributed by atoms with E-state index in [1.807, 2.05) is 43.3 Å². The van der Waals surface area contributed by atoms with E-state index in [2.05, 4.69) is 31.0 Å². The lowest BCUT2D eigenvalue weighted by Gasteiger charge is -2.45. The number of carboxylic acid groups (broad SMARTS) is 1. The Morgan fingerprint density at radius 2 is 1.73 bits per heavy atom. The highest BCUT2D eigenvalue weighted by molar-refractivity contribution is 8.04. The Morgan fingerprint density at radius 3 is 2.35 bits per heavy atom. The van der Waals surface area contributed by atoms with Crippen molar-refractivity contribution in [2.75, 3.05) is 25.4 Å². The van der Waals surface area contributed by atoms with Gasteiger partial charge in [0.05, 0.1) is 0 Å². The maximum atomic E-state index is 12.7. The molecule has 0 radical (unpaired) electrons. The Bertz CT molecular complexity index is 1340. The number of thioether (sulfide) groups is 1. The Hall–Kier alpha value is -3.14. The fraction of sp³-hybridized carbons (Fsp3) is 0.452. The van der Waals surface area contributed by atoms with Crippen molar-refractivity contribution in [1.82, 2.24) is 10.2 Å². The first-order valence-electron chi connectivity index (χ1n) is 13.7. The fourth-order valence-electron chi connectivity index (χ4n) is 5.43. The molecule has 1 aliphatic carbocycles. The first-order valence-corrected chi connectivity index (χ1v) is 14.7. The Balaban J connectivity index is 1.17. The van der Waals surface area contributed by atoms with Crippen LogP contribution in [-0.2, 0) is 19.7 Å². The highest BCUT2D eigenvalue weighted by Gasteiger charge is 2.46. The number of carbonyl (C=O) groups is 3. The summed E-state index contributed by atoms with van der Waals surface area (Å²) < 4.78 is 12.3. The van der Waals surface area contributed by atoms with E-state index in [9.17, 15) is 19.5 Å². The largest absolute Gasteiger partial charge is 0.484 e. The molecule has 1 fully saturated rings. The van der Waals surface area contributed by atoms with Gasteiger partial charge in [-0.05, 0) is 30.0 Å². The zero-order chi connectivity index (χ0) is 28.7. The molecule has 1 unspecified atom stereocenters. The topological polar surface area (TPSA) is 105 Å². The Kier molecular flexibility index (Phi) is 7.83. The predicted molar refractivity (Wildman–Crippen MR) is 154 cm³/mol. The van der Waals surface area contributed by atoms with Crippen LogP contribution in [-0.4, -0.2) is 70.8 Å². The molecule has 8 nitrogen and oxygen atoms in total. The predicted octanol–water partition coefficient (Wildman–Crippen LogP) is 4.48. The molecular formula is C31H36N2O6S. The summed E-state index contributed by atoms with van der Waals surface area (Å²) in [4.78, 5) is 39.9. The maximum absolute atomic E-state index is 12.7. The van der Waals surface area contributed by atoms with Gasteiger partial charge in [0.1, 0.15) is 22.0 Å². The van der Waals surface area contributed by atoms with E-state index in [-0.39, 0.29) is 11.5 Å². The standard InChI is InChI=1S/C31H36N2O6S/c1-19(32-28(29(36)37)38-21-11-9-20(10-12-21)30(2,3)4)17-33-15-13-31(14-16-33)18-40-27-25(35)24(34)22-7-5-6-8-23(22)26(27)39-31/h5-12,19,28,32H,13-18H2,1-4H3,(H,36,37)/t19-,28?/m0/s1. The molecule has 2 N–H and O–H groups in total. The normalized spacial score (nSPS) is 20.4. The Morgan fingerprint density at radius 1 is 1.07 bits per heavy atom. The van der Waals surface area contributed by atoms with E-state index in [1.165, 1.54) is 11.8 Å². The van der Waals surface area contributed by atoms with Gasteiger partial charge in [0, 0.05) is 55.4 Å². The summed E-state index contributed by atoms with van der Waals surface area (Å²) in [5.74, 6) is -0.351. The lowest BCUT2D eigenvalue weighted by Crippen LogP contribution is -2.54. The van der Waals surface area contributed by atoms with Crippen molar-refractivity contribution in [3.8, 4) is 5.75 Å². The van der Waals surface area contributed by atoms with Crippen molar-refractivity contribution in [3.05, 3.63) is 70.1 Å². The number of piperidine rings is 1. The van der Waals surface area contributed by atoms with Crippen molar-refractivity contribution in [2.45, 2.75) is 63.8 Å². The number of rotatable bonds is 7. The molecule has 0 amide bonds. The molecule has 1 spiro atoms. The zero-order valence-electron chi connectivity index (χ0n) is 23.4. The molecule has 0 aromatic heterocycles. The molecule has 5 rings (SSSR count). The summed E-state index contributed by atoms with van der Waals surface area (Å²) in [6.45, 7) is 10.5. The van der Waals surface area contributed by atoms with Crippen LogP contribution in [0.25, 0.3) is 5.76 Å². The molecule has 9 heteroatoms. The molecule has 2 atom stereocenters. The second-order valence-corrected chi connectivity index (χ2v) is 12.9. The number of fused-ring (bicyclic) bond motifs is 2. The molecule has 3 aliphatic rings. The first kappa shape index (κ1) is 28.4. The number of hydrogen-bond acceptors (Lipinski definition) is 8. The van der Waals surface area contributed by atoms with Crippen molar-refractivity contribution in [1.29, 1.82) is 0 Å². The minimum absolute atomic E-state index is 0.00245. The van der Waals surface area contributed by atoms with Crippen molar-refractivity contribution in [2.24, 2.45) is 0 Å². The van der Waals surface area contributed by atoms with Crippen LogP contribution in [0, 0.1) is 0 Å². The summed E-state index contributed by atoms with van der Waals surface area (Å²) in [5.41, 5.74) is 1.85. The molecule has 1 saturated heterocycles. The van der Waals surface area contributed by atoms with Gasteiger partial charge in [0.25, 0.3) is 0 Å². The van der Waals surface area contributed by atoms with Crippen LogP contribution in [0.5, 0.6) is 5.75 Å². The minimum atomic E-state index is -1.17. The van der Waals surface area contributed by atoms with E-state index in [0.29, 0.717) is 39.8 Å². The zero-order valence-corrected chi connectivity index (χ0v) is 24.2. The van der Waals surface area contributed by atoms with Gasteiger partial charge in [-0.1, -0.05) is 57.2 Å². The maximum Gasteiger partial charge on any atom is 0.360 e. The minimum Gasteiger partial charge on any atom is -0.484 e. The number of carbonyl (C=O) groups excluding carboxylic acids is 2. The van der Waals surface area contributed by atoms with Gasteiger partial charge in [0.2, 0.25) is 17.8 Å². The van der Waals surface area contributed by atoms with Crippen LogP contribution >= 0.6 is 11.8 Å². The number of benzene rings is 2. The van der Waals surface area contributed by atoms with E-state index in [1.54, 1.807) is 12.1 Å². The average Bonchev–Trinajstić information content (AvgIpc) is 2.92. The number of hydrogen-bond donors (Lipinski definition) is 2. The van der Waals surface area contributed by atoms with E-state index >= 15 is 0 Å². The number of ether oxygens (including phenoxy) is 2. The number of allylic oxidation sites excluding steroid dienone is 1. The van der Waals surface area contributed by atoms with Crippen LogP contribution < -0.4 is 10.1 Å². The molecule has 2 aliphatic heterocycles. The number of nitrogens with zero attached hydrogens (tertiary/aromatic N) is 1. The summed E-state index contributed by atoms with van der Waals surface area (Å²) in [6.07, 6.45) is 0.376. The highest BCUT2D eigenvalue weighted by atomic mass is 32.2. The number of ketones is 2. The summed E-state index contributed by atoms with van der Waals surface area (Å²) in [6, 6.07) is 14.6. The fourth-order valence-corrected chi connectivity index (χ4v) is 6.69. The van der Waals surface area contributed by atoms with E-state index in [4.69, 9.17) is 9.47 Å². The van der Waals surface area contributed by atoms with Crippen LogP contribution in [0.1, 0.15) is 62.0 Å². The molecule has 40 heavy (non-hydrogen) atoms. The average molecular weight is 565 g/mol. The first-order chi connectivity index (χ1) is 19.0. The van der Waals surface area contributed by atoms with Crippen molar-refractivity contribution < 1.29 is 29.0 Å². The third-order valence-electron chi connectivity index (χ3n) is 7.77. The number of aliphatic carboxylic acids is 1. The van der Waals surface area contributed by atoms with Gasteiger partial charge in [-0.3, -0.25) is 14.9 Å². The molecule has 212 valence electrons. The second-order valence-electron chi connectivity index (χ2n) is 11.9. The van der Waals surface area contributed by atoms with Gasteiger partial charge in [-0.2, -0.15) is 0 Å². The molecule has 2 heterocycles. The summed E-state index contributed by atoms with van der Waals surface area (Å²) >= 11 is 1.43. The molecule has 2 aromatic carbocycles.